The molecule has 3 heterocycles. The van der Waals surface area contributed by atoms with E-state index in [9.17, 15) is 9.59 Å². The molecule has 2 aromatic carbocycles. The number of thiazole rings is 1. The molecule has 0 unspecified atom stereocenters. The fraction of sp³-hybridized carbons (Fsp3) is 0.0909. The number of benzene rings is 2. The minimum absolute atomic E-state index is 0.159. The fourth-order valence-electron chi connectivity index (χ4n) is 3.26. The molecule has 0 spiro atoms. The van der Waals surface area contributed by atoms with E-state index >= 15 is 0 Å². The van der Waals surface area contributed by atoms with Crippen LogP contribution in [0.2, 0.25) is 0 Å². The number of nitrogens with zero attached hydrogens (tertiary/aromatic N) is 3. The average Bonchev–Trinajstić information content (AvgIpc) is 3.03. The van der Waals surface area contributed by atoms with Crippen LogP contribution in [0.1, 0.15) is 12.5 Å². The lowest BCUT2D eigenvalue weighted by Crippen LogP contribution is -2.28. The number of aromatic nitrogens is 3. The summed E-state index contributed by atoms with van der Waals surface area (Å²) in [6, 6.07) is 16.8. The summed E-state index contributed by atoms with van der Waals surface area (Å²) in [5, 5.41) is 4.28. The highest BCUT2D eigenvalue weighted by Gasteiger charge is 2.18. The van der Waals surface area contributed by atoms with Crippen molar-refractivity contribution in [1.29, 1.82) is 0 Å². The number of fused-ring (bicyclic) bond motifs is 2. The van der Waals surface area contributed by atoms with Crippen molar-refractivity contribution in [2.24, 2.45) is 0 Å². The van der Waals surface area contributed by atoms with Crippen molar-refractivity contribution >= 4 is 28.4 Å². The Morgan fingerprint density at radius 1 is 1.07 bits per heavy atom. The van der Waals surface area contributed by atoms with Gasteiger partial charge < -0.3 is 4.74 Å². The molecular formula is C22H15N3O3S. The topological polar surface area (TPSA) is 73.6 Å². The van der Waals surface area contributed by atoms with Crippen LogP contribution in [0.5, 0.6) is 5.75 Å². The van der Waals surface area contributed by atoms with E-state index in [2.05, 4.69) is 10.1 Å². The van der Waals surface area contributed by atoms with Crippen molar-refractivity contribution in [3.8, 4) is 17.0 Å². The van der Waals surface area contributed by atoms with Gasteiger partial charge in [-0.15, -0.1) is 0 Å². The van der Waals surface area contributed by atoms with Crippen molar-refractivity contribution in [3.63, 3.8) is 0 Å². The molecule has 5 rings (SSSR count). The van der Waals surface area contributed by atoms with Gasteiger partial charge in [-0.05, 0) is 30.7 Å². The molecule has 0 aliphatic carbocycles. The maximum atomic E-state index is 12.9. The molecule has 1 aliphatic heterocycles. The van der Waals surface area contributed by atoms with Crippen LogP contribution in [-0.4, -0.2) is 20.7 Å². The average molecular weight is 401 g/mol. The molecule has 142 valence electrons. The van der Waals surface area contributed by atoms with Gasteiger partial charge in [0.15, 0.2) is 5.69 Å². The number of hydrogen-bond donors (Lipinski definition) is 0. The summed E-state index contributed by atoms with van der Waals surface area (Å²) < 4.78 is 7.59. The van der Waals surface area contributed by atoms with Gasteiger partial charge in [-0.1, -0.05) is 59.9 Å². The zero-order valence-corrected chi connectivity index (χ0v) is 16.2. The van der Waals surface area contributed by atoms with Crippen LogP contribution in [-0.2, 0) is 0 Å². The first kappa shape index (κ1) is 17.5. The molecule has 7 heteroatoms. The van der Waals surface area contributed by atoms with Crippen LogP contribution in [0, 0.1) is 0 Å². The summed E-state index contributed by atoms with van der Waals surface area (Å²) in [6.07, 6.45) is 3.60. The Balaban J connectivity index is 1.67. The molecule has 0 saturated heterocycles. The SMILES string of the molecule is C[C@H]1Oc2ccccc2C=C1/C=c1/sc2nc(=O)c(-c3ccccc3)nn2c1=O. The lowest BCUT2D eigenvalue weighted by molar-refractivity contribution is 0.259. The maximum Gasteiger partial charge on any atom is 0.300 e. The second-order valence-electron chi connectivity index (χ2n) is 6.68. The molecule has 2 aromatic heterocycles. The summed E-state index contributed by atoms with van der Waals surface area (Å²) in [5.41, 5.74) is 1.87. The molecule has 0 N–H and O–H groups in total. The number of ether oxygens (including phenoxy) is 1. The van der Waals surface area contributed by atoms with E-state index < -0.39 is 5.56 Å². The normalized spacial score (nSPS) is 16.4. The van der Waals surface area contributed by atoms with Crippen molar-refractivity contribution in [3.05, 3.63) is 91.0 Å². The molecule has 0 bridgehead atoms. The molecule has 1 atom stereocenters. The van der Waals surface area contributed by atoms with Gasteiger partial charge in [-0.25, -0.2) is 0 Å². The van der Waals surface area contributed by atoms with Crippen molar-refractivity contribution < 1.29 is 4.74 Å². The number of para-hydroxylation sites is 1. The predicted molar refractivity (Wildman–Crippen MR) is 113 cm³/mol. The van der Waals surface area contributed by atoms with Crippen molar-refractivity contribution in [1.82, 2.24) is 14.6 Å². The van der Waals surface area contributed by atoms with E-state index in [1.54, 1.807) is 18.2 Å². The zero-order valence-electron chi connectivity index (χ0n) is 15.4. The van der Waals surface area contributed by atoms with Gasteiger partial charge in [-0.3, -0.25) is 9.59 Å². The van der Waals surface area contributed by atoms with Crippen LogP contribution in [0.25, 0.3) is 28.4 Å². The van der Waals surface area contributed by atoms with Gasteiger partial charge in [0.05, 0.1) is 4.53 Å². The first-order valence-corrected chi connectivity index (χ1v) is 9.90. The number of hydrogen-bond acceptors (Lipinski definition) is 6. The summed E-state index contributed by atoms with van der Waals surface area (Å²) in [4.78, 5) is 29.7. The standard InChI is InChI=1S/C22H15N3O3S/c1-13-16(11-15-9-5-6-10-17(15)28-13)12-18-21(27)25-22(29-18)23-20(26)19(24-25)14-7-3-2-4-8-14/h2-13H,1H3/b18-12+/t13-/m1/s1. The first-order valence-electron chi connectivity index (χ1n) is 9.08. The van der Waals surface area contributed by atoms with Gasteiger partial charge in [0.1, 0.15) is 11.9 Å². The first-order chi connectivity index (χ1) is 14.1. The van der Waals surface area contributed by atoms with Crippen LogP contribution in [0.3, 0.4) is 0 Å². The van der Waals surface area contributed by atoms with E-state index in [1.807, 2.05) is 55.5 Å². The van der Waals surface area contributed by atoms with E-state index in [4.69, 9.17) is 4.74 Å². The Morgan fingerprint density at radius 2 is 1.83 bits per heavy atom. The molecule has 0 saturated carbocycles. The monoisotopic (exact) mass is 401 g/mol. The lowest BCUT2D eigenvalue weighted by Gasteiger charge is -2.22. The largest absolute Gasteiger partial charge is 0.485 e. The molecule has 0 radical (unpaired) electrons. The summed E-state index contributed by atoms with van der Waals surface area (Å²) >= 11 is 1.14. The summed E-state index contributed by atoms with van der Waals surface area (Å²) in [6.45, 7) is 1.93. The van der Waals surface area contributed by atoms with E-state index in [-0.39, 0.29) is 22.3 Å². The van der Waals surface area contributed by atoms with Crippen LogP contribution >= 0.6 is 11.3 Å². The lowest BCUT2D eigenvalue weighted by atomic mass is 10.0. The number of rotatable bonds is 2. The van der Waals surface area contributed by atoms with Crippen molar-refractivity contribution in [2.75, 3.05) is 0 Å². The van der Waals surface area contributed by atoms with Gasteiger partial charge in [0.25, 0.3) is 5.56 Å². The Kier molecular flexibility index (Phi) is 4.10. The smallest absolute Gasteiger partial charge is 0.300 e. The Bertz CT molecular complexity index is 1440. The third-order valence-corrected chi connectivity index (χ3v) is 5.70. The minimum Gasteiger partial charge on any atom is -0.485 e. The molecule has 0 fully saturated rings. The molecule has 4 aromatic rings. The van der Waals surface area contributed by atoms with Gasteiger partial charge in [0, 0.05) is 11.1 Å². The van der Waals surface area contributed by atoms with Gasteiger partial charge in [-0.2, -0.15) is 14.6 Å². The van der Waals surface area contributed by atoms with Crippen LogP contribution in [0.4, 0.5) is 0 Å². The zero-order chi connectivity index (χ0) is 20.0. The highest BCUT2D eigenvalue weighted by atomic mass is 32.1. The summed E-state index contributed by atoms with van der Waals surface area (Å²) in [5.74, 6) is 0.817. The van der Waals surface area contributed by atoms with Gasteiger partial charge >= 0.3 is 5.56 Å². The minimum atomic E-state index is -0.452. The van der Waals surface area contributed by atoms with Crippen molar-refractivity contribution in [2.45, 2.75) is 13.0 Å². The Labute approximate surface area is 169 Å². The molecule has 0 amide bonds. The molecule has 6 nitrogen and oxygen atoms in total. The second-order valence-corrected chi connectivity index (χ2v) is 7.69. The quantitative estimate of drug-likeness (QED) is 0.516. The van der Waals surface area contributed by atoms with E-state index in [0.29, 0.717) is 10.1 Å². The third-order valence-electron chi connectivity index (χ3n) is 4.74. The summed E-state index contributed by atoms with van der Waals surface area (Å²) in [7, 11) is 0. The maximum absolute atomic E-state index is 12.9. The second kappa shape index (κ2) is 6.79. The van der Waals surface area contributed by atoms with Gasteiger partial charge in [0.2, 0.25) is 4.96 Å². The highest BCUT2D eigenvalue weighted by molar-refractivity contribution is 7.15. The molecule has 1 aliphatic rings. The molecular weight excluding hydrogens is 386 g/mol. The van der Waals surface area contributed by atoms with Crippen LogP contribution < -0.4 is 20.4 Å². The third kappa shape index (κ3) is 3.05. The van der Waals surface area contributed by atoms with E-state index in [1.165, 1.54) is 4.52 Å². The molecule has 29 heavy (non-hydrogen) atoms. The Morgan fingerprint density at radius 3 is 2.66 bits per heavy atom. The van der Waals surface area contributed by atoms with E-state index in [0.717, 1.165) is 28.2 Å². The Hall–Kier alpha value is -3.58. The highest BCUT2D eigenvalue weighted by Crippen LogP contribution is 2.29. The predicted octanol–water partition coefficient (Wildman–Crippen LogP) is 2.54. The fourth-order valence-corrected chi connectivity index (χ4v) is 4.16. The van der Waals surface area contributed by atoms with Crippen LogP contribution in [0.15, 0.2) is 69.8 Å².